The molecular formula is C15H12Cl2FNO2S. The summed E-state index contributed by atoms with van der Waals surface area (Å²) in [6, 6.07) is 13.3. The first-order valence-corrected chi connectivity index (χ1v) is 8.62. The zero-order valence-electron chi connectivity index (χ0n) is 11.3. The highest BCUT2D eigenvalue weighted by molar-refractivity contribution is 7.89. The van der Waals surface area contributed by atoms with Gasteiger partial charge in [0.1, 0.15) is 5.82 Å². The molecule has 1 N–H and O–H groups in total. The van der Waals surface area contributed by atoms with Gasteiger partial charge < -0.3 is 0 Å². The van der Waals surface area contributed by atoms with Gasteiger partial charge in [-0.2, -0.15) is 0 Å². The van der Waals surface area contributed by atoms with Crippen molar-refractivity contribution < 1.29 is 12.8 Å². The lowest BCUT2D eigenvalue weighted by molar-refractivity contribution is 0.589. The van der Waals surface area contributed by atoms with E-state index in [0.29, 0.717) is 5.56 Å². The van der Waals surface area contributed by atoms with Gasteiger partial charge in [0.25, 0.3) is 10.0 Å². The van der Waals surface area contributed by atoms with Crippen LogP contribution in [0, 0.1) is 5.82 Å². The third-order valence-corrected chi connectivity index (χ3v) is 4.91. The molecule has 0 radical (unpaired) electrons. The van der Waals surface area contributed by atoms with Crippen molar-refractivity contribution in [2.75, 3.05) is 5.88 Å². The van der Waals surface area contributed by atoms with Crippen LogP contribution in [0.15, 0.2) is 65.2 Å². The second kappa shape index (κ2) is 7.13. The van der Waals surface area contributed by atoms with Gasteiger partial charge in [0.2, 0.25) is 0 Å². The Bertz CT molecular complexity index is 792. The lowest BCUT2D eigenvalue weighted by Gasteiger charge is -2.12. The minimum Gasteiger partial charge on any atom is -0.281 e. The van der Waals surface area contributed by atoms with Crippen LogP contribution in [0.5, 0.6) is 0 Å². The van der Waals surface area contributed by atoms with E-state index in [1.807, 2.05) is 0 Å². The predicted molar refractivity (Wildman–Crippen MR) is 86.7 cm³/mol. The first kappa shape index (κ1) is 16.8. The Morgan fingerprint density at radius 2 is 1.77 bits per heavy atom. The topological polar surface area (TPSA) is 46.2 Å². The number of halogens is 3. The third kappa shape index (κ3) is 4.00. The van der Waals surface area contributed by atoms with Crippen molar-refractivity contribution in [2.24, 2.45) is 0 Å². The van der Waals surface area contributed by atoms with Crippen molar-refractivity contribution in [3.05, 3.63) is 71.7 Å². The molecule has 2 aromatic rings. The molecule has 0 spiro atoms. The summed E-state index contributed by atoms with van der Waals surface area (Å²) >= 11 is 11.9. The first-order chi connectivity index (χ1) is 10.4. The number of allylic oxidation sites excluding steroid dienone is 1. The molecule has 0 saturated heterocycles. The van der Waals surface area contributed by atoms with Crippen LogP contribution in [0.2, 0.25) is 0 Å². The first-order valence-electron chi connectivity index (χ1n) is 6.22. The van der Waals surface area contributed by atoms with E-state index in [-0.39, 0.29) is 21.5 Å². The van der Waals surface area contributed by atoms with E-state index in [0.717, 1.165) is 0 Å². The van der Waals surface area contributed by atoms with Crippen LogP contribution in [-0.4, -0.2) is 14.3 Å². The van der Waals surface area contributed by atoms with Crippen molar-refractivity contribution >= 4 is 38.3 Å². The lowest BCUT2D eigenvalue weighted by Crippen LogP contribution is -2.24. The Hall–Kier alpha value is -1.56. The molecule has 0 bridgehead atoms. The number of nitrogens with one attached hydrogen (secondary N) is 1. The minimum atomic E-state index is -3.81. The van der Waals surface area contributed by atoms with Crippen molar-refractivity contribution in [1.29, 1.82) is 0 Å². The normalized spacial score (nSPS) is 12.7. The summed E-state index contributed by atoms with van der Waals surface area (Å²) in [5.41, 5.74) is 0.422. The summed E-state index contributed by atoms with van der Waals surface area (Å²) in [7, 11) is -3.81. The van der Waals surface area contributed by atoms with Crippen LogP contribution in [0.4, 0.5) is 4.39 Å². The van der Waals surface area contributed by atoms with E-state index in [1.54, 1.807) is 24.3 Å². The molecule has 3 nitrogen and oxygen atoms in total. The summed E-state index contributed by atoms with van der Waals surface area (Å²) < 4.78 is 40.1. The summed E-state index contributed by atoms with van der Waals surface area (Å²) in [6.07, 6.45) is 0. The standard InChI is InChI=1S/C15H12Cl2FNO2S/c16-10-14(15(17)11-5-4-6-12(18)9-11)19-22(20,21)13-7-2-1-3-8-13/h1-9,19H,10H2/b15-14-. The summed E-state index contributed by atoms with van der Waals surface area (Å²) in [5.74, 6) is -0.642. The number of sulfonamides is 1. The molecule has 0 unspecified atom stereocenters. The Morgan fingerprint density at radius 3 is 2.36 bits per heavy atom. The quantitative estimate of drug-likeness (QED) is 0.821. The highest BCUT2D eigenvalue weighted by Crippen LogP contribution is 2.24. The van der Waals surface area contributed by atoms with Crippen LogP contribution < -0.4 is 4.72 Å². The lowest BCUT2D eigenvalue weighted by atomic mass is 10.2. The molecule has 116 valence electrons. The van der Waals surface area contributed by atoms with E-state index in [1.165, 1.54) is 30.3 Å². The van der Waals surface area contributed by atoms with Gasteiger partial charge in [-0.15, -0.1) is 11.6 Å². The molecule has 2 rings (SSSR count). The van der Waals surface area contributed by atoms with Crippen LogP contribution in [0.3, 0.4) is 0 Å². The molecular weight excluding hydrogens is 348 g/mol. The van der Waals surface area contributed by atoms with Crippen molar-refractivity contribution in [1.82, 2.24) is 4.72 Å². The summed E-state index contributed by atoms with van der Waals surface area (Å²) in [5, 5.41) is 0.0500. The zero-order valence-corrected chi connectivity index (χ0v) is 13.6. The molecule has 0 fully saturated rings. The van der Waals surface area contributed by atoms with Crippen molar-refractivity contribution in [2.45, 2.75) is 4.90 Å². The Morgan fingerprint density at radius 1 is 1.09 bits per heavy atom. The average molecular weight is 360 g/mol. The Kier molecular flexibility index (Phi) is 5.45. The molecule has 2 aromatic carbocycles. The summed E-state index contributed by atoms with van der Waals surface area (Å²) in [6.45, 7) is 0. The molecule has 22 heavy (non-hydrogen) atoms. The Balaban J connectivity index is 2.38. The maximum Gasteiger partial charge on any atom is 0.261 e. The van der Waals surface area contributed by atoms with E-state index in [2.05, 4.69) is 4.72 Å². The van der Waals surface area contributed by atoms with Gasteiger partial charge in [0, 0.05) is 0 Å². The number of rotatable bonds is 5. The maximum atomic E-state index is 13.2. The third-order valence-electron chi connectivity index (χ3n) is 2.79. The van der Waals surface area contributed by atoms with Gasteiger partial charge >= 0.3 is 0 Å². The number of hydrogen-bond donors (Lipinski definition) is 1. The molecule has 0 atom stereocenters. The van der Waals surface area contributed by atoms with E-state index >= 15 is 0 Å². The summed E-state index contributed by atoms with van der Waals surface area (Å²) in [4.78, 5) is 0.0846. The fourth-order valence-corrected chi connectivity index (χ4v) is 3.52. The van der Waals surface area contributed by atoms with Gasteiger partial charge in [-0.1, -0.05) is 41.9 Å². The molecule has 0 heterocycles. The molecule has 0 aliphatic carbocycles. The van der Waals surface area contributed by atoms with Crippen LogP contribution in [-0.2, 0) is 10.0 Å². The highest BCUT2D eigenvalue weighted by Gasteiger charge is 2.17. The van der Waals surface area contributed by atoms with Crippen molar-refractivity contribution in [3.63, 3.8) is 0 Å². The van der Waals surface area contributed by atoms with E-state index in [4.69, 9.17) is 23.2 Å². The molecule has 7 heteroatoms. The van der Waals surface area contributed by atoms with E-state index < -0.39 is 15.8 Å². The highest BCUT2D eigenvalue weighted by atomic mass is 35.5. The van der Waals surface area contributed by atoms with E-state index in [9.17, 15) is 12.8 Å². The number of hydrogen-bond acceptors (Lipinski definition) is 2. The fraction of sp³-hybridized carbons (Fsp3) is 0.0667. The molecule has 0 amide bonds. The number of alkyl halides is 1. The van der Waals surface area contributed by atoms with Crippen molar-refractivity contribution in [3.8, 4) is 0 Å². The maximum absolute atomic E-state index is 13.2. The van der Waals surface area contributed by atoms with Crippen LogP contribution >= 0.6 is 23.2 Å². The van der Waals surface area contributed by atoms with Gasteiger partial charge in [-0.05, 0) is 29.8 Å². The second-order valence-corrected chi connectivity index (χ2v) is 6.68. The molecule has 0 saturated carbocycles. The fourth-order valence-electron chi connectivity index (χ4n) is 1.75. The molecule has 0 aliphatic heterocycles. The second-order valence-electron chi connectivity index (χ2n) is 4.36. The predicted octanol–water partition coefficient (Wildman–Crippen LogP) is 3.95. The monoisotopic (exact) mass is 359 g/mol. The van der Waals surface area contributed by atoms with Crippen LogP contribution in [0.25, 0.3) is 5.03 Å². The van der Waals surface area contributed by atoms with Gasteiger partial charge in [0.05, 0.1) is 21.5 Å². The van der Waals surface area contributed by atoms with Gasteiger partial charge in [-0.3, -0.25) is 4.72 Å². The minimum absolute atomic E-state index is 0.0500. The SMILES string of the molecule is O=S(=O)(N/C(CCl)=C(\Cl)c1cccc(F)c1)c1ccccc1. The zero-order chi connectivity index (χ0) is 16.2. The average Bonchev–Trinajstić information content (AvgIpc) is 2.53. The number of benzene rings is 2. The molecule has 0 aliphatic rings. The van der Waals surface area contributed by atoms with Crippen LogP contribution in [0.1, 0.15) is 5.56 Å². The van der Waals surface area contributed by atoms with Gasteiger partial charge in [-0.25, -0.2) is 12.8 Å². The van der Waals surface area contributed by atoms with Gasteiger partial charge in [0.15, 0.2) is 0 Å². The molecule has 0 aromatic heterocycles. The smallest absolute Gasteiger partial charge is 0.261 e. The largest absolute Gasteiger partial charge is 0.281 e. The Labute approximate surface area is 138 Å².